The van der Waals surface area contributed by atoms with E-state index in [4.69, 9.17) is 10.5 Å². The topological polar surface area (TPSA) is 55.6 Å². The van der Waals surface area contributed by atoms with Crippen LogP contribution in [0.5, 0.6) is 0 Å². The number of hydrogen-bond acceptors (Lipinski definition) is 3. The smallest absolute Gasteiger partial charge is 0.410 e. The Hall–Kier alpha value is -1.03. The van der Waals surface area contributed by atoms with Gasteiger partial charge in [0.05, 0.1) is 6.04 Å². The largest absolute Gasteiger partial charge is 0.444 e. The first-order valence-corrected chi connectivity index (χ1v) is 6.17. The van der Waals surface area contributed by atoms with E-state index in [1.165, 1.54) is 0 Å². The van der Waals surface area contributed by atoms with Crippen molar-refractivity contribution < 1.29 is 9.53 Å². The van der Waals surface area contributed by atoms with E-state index in [-0.39, 0.29) is 18.2 Å². The molecule has 0 bridgehead atoms. The second kappa shape index (κ2) is 5.08. The maximum Gasteiger partial charge on any atom is 0.410 e. The van der Waals surface area contributed by atoms with Crippen molar-refractivity contribution in [3.8, 4) is 0 Å². The zero-order valence-corrected chi connectivity index (χ0v) is 11.3. The molecule has 1 saturated heterocycles. The van der Waals surface area contributed by atoms with Gasteiger partial charge in [0.15, 0.2) is 0 Å². The van der Waals surface area contributed by atoms with Crippen molar-refractivity contribution >= 4 is 6.09 Å². The summed E-state index contributed by atoms with van der Waals surface area (Å²) in [5.41, 5.74) is 6.49. The molecule has 0 aromatic carbocycles. The van der Waals surface area contributed by atoms with Crippen LogP contribution in [0.25, 0.3) is 0 Å². The van der Waals surface area contributed by atoms with E-state index in [1.54, 1.807) is 4.90 Å². The maximum atomic E-state index is 12.0. The molecule has 17 heavy (non-hydrogen) atoms. The Morgan fingerprint density at radius 1 is 1.53 bits per heavy atom. The fourth-order valence-corrected chi connectivity index (χ4v) is 2.01. The first-order chi connectivity index (χ1) is 7.74. The van der Waals surface area contributed by atoms with Crippen molar-refractivity contribution in [1.82, 2.24) is 4.90 Å². The molecule has 1 heterocycles. The standard InChI is InChI=1S/C13H24N2O2/c1-6-9(2)11-7-10(14)8-15(11)12(16)17-13(3,4)5/h10-11H,2,6-8,14H2,1,3-5H3. The fraction of sp³-hybridized carbons (Fsp3) is 0.769. The van der Waals surface area contributed by atoms with Crippen LogP contribution in [0.4, 0.5) is 4.79 Å². The molecule has 2 unspecified atom stereocenters. The summed E-state index contributed by atoms with van der Waals surface area (Å²) in [6, 6.07) is 0.0562. The van der Waals surface area contributed by atoms with Gasteiger partial charge in [-0.1, -0.05) is 19.1 Å². The molecule has 1 aliphatic heterocycles. The first kappa shape index (κ1) is 14.0. The van der Waals surface area contributed by atoms with Crippen LogP contribution in [0.2, 0.25) is 0 Å². The summed E-state index contributed by atoms with van der Waals surface area (Å²) in [6.45, 7) is 12.2. The van der Waals surface area contributed by atoms with Crippen LogP contribution in [0, 0.1) is 0 Å². The minimum Gasteiger partial charge on any atom is -0.444 e. The van der Waals surface area contributed by atoms with Gasteiger partial charge < -0.3 is 10.5 Å². The maximum absolute atomic E-state index is 12.0. The minimum atomic E-state index is -0.470. The summed E-state index contributed by atoms with van der Waals surface area (Å²) in [6.07, 6.45) is 1.35. The van der Waals surface area contributed by atoms with E-state index in [0.717, 1.165) is 18.4 Å². The fourth-order valence-electron chi connectivity index (χ4n) is 2.01. The first-order valence-electron chi connectivity index (χ1n) is 6.17. The van der Waals surface area contributed by atoms with Gasteiger partial charge >= 0.3 is 6.09 Å². The molecule has 4 heteroatoms. The van der Waals surface area contributed by atoms with Gasteiger partial charge in [0.25, 0.3) is 0 Å². The Kier molecular flexibility index (Phi) is 4.20. The lowest BCUT2D eigenvalue weighted by atomic mass is 10.0. The Labute approximate surface area is 104 Å². The molecule has 1 fully saturated rings. The number of rotatable bonds is 2. The van der Waals surface area contributed by atoms with E-state index < -0.39 is 5.60 Å². The molecule has 4 nitrogen and oxygen atoms in total. The number of nitrogens with zero attached hydrogens (tertiary/aromatic N) is 1. The highest BCUT2D eigenvalue weighted by Gasteiger charge is 2.36. The lowest BCUT2D eigenvalue weighted by molar-refractivity contribution is 0.0246. The summed E-state index contributed by atoms with van der Waals surface area (Å²) in [7, 11) is 0. The zero-order valence-electron chi connectivity index (χ0n) is 11.3. The van der Waals surface area contributed by atoms with Crippen molar-refractivity contribution in [2.24, 2.45) is 5.73 Å². The summed E-state index contributed by atoms with van der Waals surface area (Å²) >= 11 is 0. The molecule has 0 aliphatic carbocycles. The number of carbonyl (C=O) groups excluding carboxylic acids is 1. The van der Waals surface area contributed by atoms with Gasteiger partial charge in [0, 0.05) is 12.6 Å². The second-order valence-electron chi connectivity index (χ2n) is 5.66. The molecule has 2 N–H and O–H groups in total. The Bertz CT molecular complexity index is 307. The molecule has 0 spiro atoms. The Morgan fingerprint density at radius 2 is 2.12 bits per heavy atom. The highest BCUT2D eigenvalue weighted by molar-refractivity contribution is 5.69. The lowest BCUT2D eigenvalue weighted by Gasteiger charge is -2.29. The minimum absolute atomic E-state index is 0.0239. The number of amides is 1. The molecule has 1 amide bonds. The predicted octanol–water partition coefficient (Wildman–Crippen LogP) is 2.29. The third-order valence-corrected chi connectivity index (χ3v) is 2.89. The lowest BCUT2D eigenvalue weighted by Crippen LogP contribution is -2.41. The van der Waals surface area contributed by atoms with Gasteiger partial charge in [-0.2, -0.15) is 0 Å². The van der Waals surface area contributed by atoms with Crippen LogP contribution in [-0.2, 0) is 4.74 Å². The van der Waals surface area contributed by atoms with Gasteiger partial charge in [-0.25, -0.2) is 4.79 Å². The number of likely N-dealkylation sites (tertiary alicyclic amines) is 1. The van der Waals surface area contributed by atoms with Gasteiger partial charge in [-0.05, 0) is 33.6 Å². The molecular weight excluding hydrogens is 216 g/mol. The van der Waals surface area contributed by atoms with Crippen LogP contribution in [0.15, 0.2) is 12.2 Å². The van der Waals surface area contributed by atoms with E-state index >= 15 is 0 Å². The summed E-state index contributed by atoms with van der Waals surface area (Å²) in [4.78, 5) is 13.8. The van der Waals surface area contributed by atoms with E-state index in [1.807, 2.05) is 27.7 Å². The highest BCUT2D eigenvalue weighted by atomic mass is 16.6. The second-order valence-corrected chi connectivity index (χ2v) is 5.66. The molecule has 1 aliphatic rings. The monoisotopic (exact) mass is 240 g/mol. The van der Waals surface area contributed by atoms with Crippen LogP contribution in [0.1, 0.15) is 40.5 Å². The number of ether oxygens (including phenoxy) is 1. The molecule has 0 radical (unpaired) electrons. The van der Waals surface area contributed by atoms with E-state index in [9.17, 15) is 4.79 Å². The van der Waals surface area contributed by atoms with Crippen LogP contribution in [0.3, 0.4) is 0 Å². The third-order valence-electron chi connectivity index (χ3n) is 2.89. The molecular formula is C13H24N2O2. The predicted molar refractivity (Wildman–Crippen MR) is 68.8 cm³/mol. The molecule has 1 rings (SSSR count). The van der Waals surface area contributed by atoms with Crippen LogP contribution in [-0.4, -0.2) is 35.2 Å². The molecule has 0 saturated carbocycles. The number of nitrogens with two attached hydrogens (primary N) is 1. The van der Waals surface area contributed by atoms with Gasteiger partial charge in [0.2, 0.25) is 0 Å². The third kappa shape index (κ3) is 3.73. The SMILES string of the molecule is C=C(CC)C1CC(N)CN1C(=O)OC(C)(C)C. The molecule has 98 valence electrons. The van der Waals surface area contributed by atoms with Crippen molar-refractivity contribution in [2.45, 2.75) is 58.2 Å². The number of hydrogen-bond donors (Lipinski definition) is 1. The average molecular weight is 240 g/mol. The summed E-state index contributed by atoms with van der Waals surface area (Å²) < 4.78 is 5.39. The number of carbonyl (C=O) groups is 1. The van der Waals surface area contributed by atoms with Gasteiger partial charge in [0.1, 0.15) is 5.60 Å². The van der Waals surface area contributed by atoms with Crippen LogP contribution >= 0.6 is 0 Å². The van der Waals surface area contributed by atoms with E-state index in [0.29, 0.717) is 6.54 Å². The molecule has 2 atom stereocenters. The quantitative estimate of drug-likeness (QED) is 0.753. The van der Waals surface area contributed by atoms with Gasteiger partial charge in [-0.15, -0.1) is 0 Å². The van der Waals surface area contributed by atoms with Crippen molar-refractivity contribution in [3.05, 3.63) is 12.2 Å². The summed E-state index contributed by atoms with van der Waals surface area (Å²) in [5, 5.41) is 0. The average Bonchev–Trinajstić information content (AvgIpc) is 2.56. The van der Waals surface area contributed by atoms with Crippen molar-refractivity contribution in [3.63, 3.8) is 0 Å². The van der Waals surface area contributed by atoms with Crippen molar-refractivity contribution in [1.29, 1.82) is 0 Å². The highest BCUT2D eigenvalue weighted by Crippen LogP contribution is 2.26. The normalized spacial score (nSPS) is 24.9. The summed E-state index contributed by atoms with van der Waals surface area (Å²) in [5.74, 6) is 0. The Balaban J connectivity index is 2.73. The van der Waals surface area contributed by atoms with Crippen LogP contribution < -0.4 is 5.73 Å². The Morgan fingerprint density at radius 3 is 2.59 bits per heavy atom. The molecule has 0 aromatic heterocycles. The molecule has 0 aromatic rings. The van der Waals surface area contributed by atoms with Crippen molar-refractivity contribution in [2.75, 3.05) is 6.54 Å². The van der Waals surface area contributed by atoms with Gasteiger partial charge in [-0.3, -0.25) is 4.90 Å². The zero-order chi connectivity index (χ0) is 13.2. The van der Waals surface area contributed by atoms with E-state index in [2.05, 4.69) is 6.58 Å².